The molecule has 1 aliphatic heterocycles. The highest BCUT2D eigenvalue weighted by Gasteiger charge is 2.44. The number of amides is 1. The standard InChI is InChI=1S/C23H28N4O5S/c1-5-25(6-2)12-7-13-26-19(16-8-10-17(11-9-16)27(31)32)18(21(29)23(26)30)20(28)22-14(3)24-15(4)33-22/h8-11,19,29H,5-7,12-13H2,1-4H3/t19-/m0/s1. The van der Waals surface area contributed by atoms with E-state index in [1.54, 1.807) is 13.8 Å². The first kappa shape index (κ1) is 24.5. The first-order valence-electron chi connectivity index (χ1n) is 10.9. The summed E-state index contributed by atoms with van der Waals surface area (Å²) in [6.07, 6.45) is 0.657. The Bertz CT molecular complexity index is 1090. The van der Waals surface area contributed by atoms with Gasteiger partial charge in [-0.15, -0.1) is 11.3 Å². The number of aliphatic hydroxyl groups is 1. The monoisotopic (exact) mass is 472 g/mol. The first-order valence-corrected chi connectivity index (χ1v) is 11.7. The van der Waals surface area contributed by atoms with Gasteiger partial charge in [-0.2, -0.15) is 0 Å². The van der Waals surface area contributed by atoms with Gasteiger partial charge >= 0.3 is 0 Å². The number of nitro groups is 1. The number of aromatic nitrogens is 1. The van der Waals surface area contributed by atoms with Crippen molar-refractivity contribution in [2.75, 3.05) is 26.2 Å². The van der Waals surface area contributed by atoms with Gasteiger partial charge in [0.1, 0.15) is 0 Å². The third-order valence-electron chi connectivity index (χ3n) is 5.85. The topological polar surface area (TPSA) is 117 Å². The molecule has 10 heteroatoms. The van der Waals surface area contributed by atoms with Crippen molar-refractivity contribution in [3.63, 3.8) is 0 Å². The Kier molecular flexibility index (Phi) is 7.60. The number of benzene rings is 1. The van der Waals surface area contributed by atoms with E-state index in [1.807, 2.05) is 0 Å². The van der Waals surface area contributed by atoms with Gasteiger partial charge in [0.2, 0.25) is 5.78 Å². The normalized spacial score (nSPS) is 16.2. The number of carbonyl (C=O) groups is 2. The molecule has 1 aromatic carbocycles. The molecule has 1 aliphatic rings. The van der Waals surface area contributed by atoms with Crippen LogP contribution in [-0.4, -0.2) is 62.7 Å². The molecule has 0 spiro atoms. The van der Waals surface area contributed by atoms with E-state index in [4.69, 9.17) is 0 Å². The molecular weight excluding hydrogens is 444 g/mol. The fourth-order valence-corrected chi connectivity index (χ4v) is 4.98. The lowest BCUT2D eigenvalue weighted by molar-refractivity contribution is -0.384. The van der Waals surface area contributed by atoms with Gasteiger partial charge in [-0.1, -0.05) is 13.8 Å². The van der Waals surface area contributed by atoms with E-state index in [-0.39, 0.29) is 11.3 Å². The van der Waals surface area contributed by atoms with Gasteiger partial charge in [0.25, 0.3) is 11.6 Å². The third kappa shape index (κ3) is 4.96. The van der Waals surface area contributed by atoms with Crippen molar-refractivity contribution in [1.82, 2.24) is 14.8 Å². The number of thiazole rings is 1. The number of carbonyl (C=O) groups excluding carboxylic acids is 2. The van der Waals surface area contributed by atoms with E-state index in [1.165, 1.54) is 40.5 Å². The number of rotatable bonds is 10. The summed E-state index contributed by atoms with van der Waals surface area (Å²) in [5, 5.41) is 22.6. The van der Waals surface area contributed by atoms with Gasteiger partial charge in [0.05, 0.1) is 32.1 Å². The molecule has 1 amide bonds. The van der Waals surface area contributed by atoms with E-state index in [0.717, 1.165) is 19.6 Å². The van der Waals surface area contributed by atoms with Crippen LogP contribution in [0.25, 0.3) is 0 Å². The van der Waals surface area contributed by atoms with Crippen LogP contribution in [0.4, 0.5) is 5.69 Å². The molecule has 9 nitrogen and oxygen atoms in total. The molecule has 0 aliphatic carbocycles. The van der Waals surface area contributed by atoms with Gasteiger partial charge < -0.3 is 14.9 Å². The molecule has 0 unspecified atom stereocenters. The third-order valence-corrected chi connectivity index (χ3v) is 6.92. The minimum absolute atomic E-state index is 0.0107. The Morgan fingerprint density at radius 2 is 1.88 bits per heavy atom. The smallest absolute Gasteiger partial charge is 0.290 e. The Morgan fingerprint density at radius 3 is 2.39 bits per heavy atom. The highest BCUT2D eigenvalue weighted by atomic mass is 32.1. The number of ketones is 1. The molecule has 33 heavy (non-hydrogen) atoms. The number of hydrogen-bond acceptors (Lipinski definition) is 8. The summed E-state index contributed by atoms with van der Waals surface area (Å²) in [7, 11) is 0. The summed E-state index contributed by atoms with van der Waals surface area (Å²) in [4.78, 5) is 45.5. The second kappa shape index (κ2) is 10.2. The number of nitro benzene ring substituents is 1. The summed E-state index contributed by atoms with van der Waals surface area (Å²) in [5.41, 5.74) is 0.968. The quantitative estimate of drug-likeness (QED) is 0.316. The number of Topliss-reactive ketones (excluding diaryl/α,β-unsaturated/α-hetero) is 1. The van der Waals surface area contributed by atoms with E-state index in [2.05, 4.69) is 23.7 Å². The number of aliphatic hydroxyl groups excluding tert-OH is 1. The van der Waals surface area contributed by atoms with Crippen LogP contribution in [0, 0.1) is 24.0 Å². The second-order valence-electron chi connectivity index (χ2n) is 7.87. The molecule has 0 fully saturated rings. The van der Waals surface area contributed by atoms with Gasteiger partial charge in [0.15, 0.2) is 5.76 Å². The average molecular weight is 473 g/mol. The van der Waals surface area contributed by atoms with E-state index in [0.29, 0.717) is 34.1 Å². The zero-order valence-electron chi connectivity index (χ0n) is 19.2. The van der Waals surface area contributed by atoms with Crippen molar-refractivity contribution in [1.29, 1.82) is 0 Å². The Hall–Kier alpha value is -3.11. The van der Waals surface area contributed by atoms with Crippen molar-refractivity contribution in [2.45, 2.75) is 40.2 Å². The Balaban J connectivity index is 2.00. The maximum Gasteiger partial charge on any atom is 0.290 e. The number of hydrogen-bond donors (Lipinski definition) is 1. The Labute approximate surface area is 196 Å². The largest absolute Gasteiger partial charge is 0.503 e. The van der Waals surface area contributed by atoms with Crippen LogP contribution in [0.15, 0.2) is 35.6 Å². The van der Waals surface area contributed by atoms with Gasteiger partial charge in [0, 0.05) is 18.7 Å². The van der Waals surface area contributed by atoms with Crippen molar-refractivity contribution >= 4 is 28.7 Å². The van der Waals surface area contributed by atoms with Crippen LogP contribution in [0.2, 0.25) is 0 Å². The predicted molar refractivity (Wildman–Crippen MR) is 126 cm³/mol. The summed E-state index contributed by atoms with van der Waals surface area (Å²) >= 11 is 1.21. The molecule has 0 bridgehead atoms. The SMILES string of the molecule is CCN(CC)CCCN1C(=O)C(O)=C(C(=O)c2sc(C)nc2C)[C@@H]1c1ccc([N+](=O)[O-])cc1. The lowest BCUT2D eigenvalue weighted by atomic mass is 9.95. The van der Waals surface area contributed by atoms with Crippen molar-refractivity contribution in [3.8, 4) is 0 Å². The summed E-state index contributed by atoms with van der Waals surface area (Å²) < 4.78 is 0. The van der Waals surface area contributed by atoms with Crippen molar-refractivity contribution in [3.05, 3.63) is 66.9 Å². The lowest BCUT2D eigenvalue weighted by Crippen LogP contribution is -2.34. The molecule has 1 N–H and O–H groups in total. The van der Waals surface area contributed by atoms with Gasteiger partial charge in [-0.25, -0.2) is 4.98 Å². The average Bonchev–Trinajstić information content (AvgIpc) is 3.26. The maximum absolute atomic E-state index is 13.5. The number of aryl methyl sites for hydroxylation is 2. The van der Waals surface area contributed by atoms with Gasteiger partial charge in [-0.05, 0) is 57.6 Å². The van der Waals surface area contributed by atoms with Gasteiger partial charge in [-0.3, -0.25) is 19.7 Å². The second-order valence-corrected chi connectivity index (χ2v) is 9.07. The lowest BCUT2D eigenvalue weighted by Gasteiger charge is -2.28. The van der Waals surface area contributed by atoms with Crippen LogP contribution in [0.5, 0.6) is 0 Å². The maximum atomic E-state index is 13.5. The first-order chi connectivity index (χ1) is 15.7. The van der Waals surface area contributed by atoms with E-state index < -0.39 is 28.4 Å². The molecule has 2 heterocycles. The summed E-state index contributed by atoms with van der Waals surface area (Å²) in [6.45, 7) is 10.5. The predicted octanol–water partition coefficient (Wildman–Crippen LogP) is 3.98. The van der Waals surface area contributed by atoms with Crippen molar-refractivity contribution < 1.29 is 19.6 Å². The zero-order valence-corrected chi connectivity index (χ0v) is 20.0. The van der Waals surface area contributed by atoms with Crippen LogP contribution in [0.1, 0.15) is 52.2 Å². The molecule has 0 radical (unpaired) electrons. The number of nitrogens with zero attached hydrogens (tertiary/aromatic N) is 4. The summed E-state index contributed by atoms with van der Waals surface area (Å²) in [6, 6.07) is 4.92. The van der Waals surface area contributed by atoms with Crippen LogP contribution in [-0.2, 0) is 4.79 Å². The van der Waals surface area contributed by atoms with E-state index >= 15 is 0 Å². The minimum atomic E-state index is -0.829. The zero-order chi connectivity index (χ0) is 24.3. The molecule has 3 rings (SSSR count). The molecule has 176 valence electrons. The highest BCUT2D eigenvalue weighted by molar-refractivity contribution is 7.14. The van der Waals surface area contributed by atoms with E-state index in [9.17, 15) is 24.8 Å². The van der Waals surface area contributed by atoms with Crippen LogP contribution in [0.3, 0.4) is 0 Å². The Morgan fingerprint density at radius 1 is 1.24 bits per heavy atom. The molecule has 1 aromatic heterocycles. The van der Waals surface area contributed by atoms with Crippen LogP contribution >= 0.6 is 11.3 Å². The minimum Gasteiger partial charge on any atom is -0.503 e. The molecular formula is C23H28N4O5S. The van der Waals surface area contributed by atoms with Crippen LogP contribution < -0.4 is 0 Å². The molecule has 0 saturated carbocycles. The molecule has 2 aromatic rings. The fraction of sp³-hybridized carbons (Fsp3) is 0.435. The fourth-order valence-electron chi connectivity index (χ4n) is 4.11. The number of non-ortho nitro benzene ring substituents is 1. The molecule has 1 atom stereocenters. The van der Waals surface area contributed by atoms with Crippen molar-refractivity contribution in [2.24, 2.45) is 0 Å². The summed E-state index contributed by atoms with van der Waals surface area (Å²) in [5.74, 6) is -1.63. The molecule has 0 saturated heterocycles. The highest BCUT2D eigenvalue weighted by Crippen LogP contribution is 2.40.